The Balaban J connectivity index is 1.66. The quantitative estimate of drug-likeness (QED) is 0.496. The summed E-state index contributed by atoms with van der Waals surface area (Å²) in [4.78, 5) is 38.7. The van der Waals surface area contributed by atoms with E-state index < -0.39 is 30.1 Å². The van der Waals surface area contributed by atoms with Gasteiger partial charge in [-0.25, -0.2) is 9.59 Å². The van der Waals surface area contributed by atoms with Crippen LogP contribution in [0.15, 0.2) is 48.5 Å². The summed E-state index contributed by atoms with van der Waals surface area (Å²) in [5.41, 5.74) is 4.46. The SMILES string of the molecule is CC(C)C[C@@H](NC(=O)OCC1c2ccccc2-c2ccccc21)C(=O)NC(CN(C)C)C(=O)O. The Morgan fingerprint density at radius 2 is 1.50 bits per heavy atom. The summed E-state index contributed by atoms with van der Waals surface area (Å²) >= 11 is 0. The molecule has 8 heteroatoms. The first-order valence-electron chi connectivity index (χ1n) is 11.5. The molecule has 0 radical (unpaired) electrons. The van der Waals surface area contributed by atoms with Crippen molar-refractivity contribution in [3.63, 3.8) is 0 Å². The van der Waals surface area contributed by atoms with Crippen LogP contribution in [0, 0.1) is 5.92 Å². The van der Waals surface area contributed by atoms with E-state index in [1.54, 1.807) is 19.0 Å². The molecular formula is C26H33N3O5. The minimum atomic E-state index is -1.13. The van der Waals surface area contributed by atoms with Crippen molar-refractivity contribution in [1.82, 2.24) is 15.5 Å². The molecule has 3 rings (SSSR count). The van der Waals surface area contributed by atoms with Gasteiger partial charge in [-0.15, -0.1) is 0 Å². The molecule has 182 valence electrons. The maximum atomic E-state index is 12.8. The zero-order valence-corrected chi connectivity index (χ0v) is 20.1. The number of nitrogens with one attached hydrogen (secondary N) is 2. The van der Waals surface area contributed by atoms with Gasteiger partial charge in [-0.3, -0.25) is 4.79 Å². The number of amides is 2. The third-order valence-corrected chi connectivity index (χ3v) is 5.82. The highest BCUT2D eigenvalue weighted by molar-refractivity contribution is 5.89. The number of ether oxygens (including phenoxy) is 1. The second-order valence-electron chi connectivity index (χ2n) is 9.31. The number of hydrogen-bond donors (Lipinski definition) is 3. The average molecular weight is 468 g/mol. The number of alkyl carbamates (subject to hydrolysis) is 1. The molecule has 0 aromatic heterocycles. The number of hydrogen-bond acceptors (Lipinski definition) is 5. The van der Waals surface area contributed by atoms with Crippen LogP contribution in [0.4, 0.5) is 4.79 Å². The topological polar surface area (TPSA) is 108 Å². The number of fused-ring (bicyclic) bond motifs is 3. The fourth-order valence-corrected chi connectivity index (χ4v) is 4.31. The van der Waals surface area contributed by atoms with Crippen molar-refractivity contribution >= 4 is 18.0 Å². The van der Waals surface area contributed by atoms with Crippen LogP contribution < -0.4 is 10.6 Å². The molecule has 3 N–H and O–H groups in total. The lowest BCUT2D eigenvalue weighted by Gasteiger charge is -2.24. The maximum Gasteiger partial charge on any atom is 0.407 e. The standard InChI is InChI=1S/C26H33N3O5/c1-16(2)13-22(24(30)27-23(25(31)32)14-29(3)4)28-26(33)34-15-21-19-11-7-5-9-17(19)18-10-6-8-12-20(18)21/h5-12,16,21-23H,13-15H2,1-4H3,(H,27,30)(H,28,33)(H,31,32)/t22-,23?/m1/s1. The average Bonchev–Trinajstić information content (AvgIpc) is 3.10. The number of likely N-dealkylation sites (N-methyl/N-ethyl adjacent to an activating group) is 1. The van der Waals surface area contributed by atoms with Crippen LogP contribution in [0.1, 0.15) is 37.3 Å². The van der Waals surface area contributed by atoms with Crippen molar-refractivity contribution in [2.45, 2.75) is 38.3 Å². The van der Waals surface area contributed by atoms with Crippen LogP contribution in [0.5, 0.6) is 0 Å². The monoisotopic (exact) mass is 467 g/mol. The van der Waals surface area contributed by atoms with E-state index in [-0.39, 0.29) is 25.0 Å². The van der Waals surface area contributed by atoms with Crippen molar-refractivity contribution in [2.75, 3.05) is 27.2 Å². The molecule has 0 saturated carbocycles. The summed E-state index contributed by atoms with van der Waals surface area (Å²) in [6.45, 7) is 4.12. The van der Waals surface area contributed by atoms with E-state index in [4.69, 9.17) is 4.74 Å². The van der Waals surface area contributed by atoms with Crippen molar-refractivity contribution in [3.05, 3.63) is 59.7 Å². The van der Waals surface area contributed by atoms with Crippen molar-refractivity contribution in [3.8, 4) is 11.1 Å². The predicted octanol–water partition coefficient (Wildman–Crippen LogP) is 3.07. The van der Waals surface area contributed by atoms with Crippen molar-refractivity contribution in [2.24, 2.45) is 5.92 Å². The van der Waals surface area contributed by atoms with E-state index in [2.05, 4.69) is 22.8 Å². The van der Waals surface area contributed by atoms with Crippen LogP contribution in [0.3, 0.4) is 0 Å². The Bertz CT molecular complexity index is 991. The number of carboxylic acids is 1. The largest absolute Gasteiger partial charge is 0.480 e. The lowest BCUT2D eigenvalue weighted by molar-refractivity contribution is -0.142. The molecule has 0 fully saturated rings. The minimum Gasteiger partial charge on any atom is -0.480 e. The number of benzene rings is 2. The molecule has 2 amide bonds. The van der Waals surface area contributed by atoms with Crippen LogP contribution >= 0.6 is 0 Å². The molecule has 1 aliphatic rings. The highest BCUT2D eigenvalue weighted by Crippen LogP contribution is 2.44. The lowest BCUT2D eigenvalue weighted by Crippen LogP contribution is -2.54. The normalized spacial score (nSPS) is 14.3. The van der Waals surface area contributed by atoms with Crippen LogP contribution in [-0.4, -0.2) is 67.3 Å². The van der Waals surface area contributed by atoms with Gasteiger partial charge in [0.25, 0.3) is 0 Å². The summed E-state index contributed by atoms with van der Waals surface area (Å²) in [7, 11) is 3.45. The van der Waals surface area contributed by atoms with Gasteiger partial charge in [0.1, 0.15) is 18.7 Å². The highest BCUT2D eigenvalue weighted by atomic mass is 16.5. The zero-order chi connectivity index (χ0) is 24.8. The second-order valence-corrected chi connectivity index (χ2v) is 9.31. The molecular weight excluding hydrogens is 434 g/mol. The zero-order valence-electron chi connectivity index (χ0n) is 20.1. The molecule has 0 spiro atoms. The second kappa shape index (κ2) is 11.2. The van der Waals surface area contributed by atoms with Crippen molar-refractivity contribution in [1.29, 1.82) is 0 Å². The van der Waals surface area contributed by atoms with Gasteiger partial charge in [0.15, 0.2) is 0 Å². The van der Waals surface area contributed by atoms with E-state index in [0.717, 1.165) is 22.3 Å². The van der Waals surface area contributed by atoms with E-state index >= 15 is 0 Å². The lowest BCUT2D eigenvalue weighted by atomic mass is 9.98. The van der Waals surface area contributed by atoms with Crippen LogP contribution in [-0.2, 0) is 14.3 Å². The number of rotatable bonds is 10. The number of carboxylic acid groups (broad SMARTS) is 1. The van der Waals surface area contributed by atoms with E-state index in [1.807, 2.05) is 50.2 Å². The molecule has 2 aromatic carbocycles. The Morgan fingerprint density at radius 3 is 2.00 bits per heavy atom. The van der Waals surface area contributed by atoms with Gasteiger partial charge >= 0.3 is 12.1 Å². The van der Waals surface area contributed by atoms with Gasteiger partial charge in [-0.1, -0.05) is 62.4 Å². The van der Waals surface area contributed by atoms with E-state index in [1.165, 1.54) is 0 Å². The van der Waals surface area contributed by atoms with Gasteiger partial charge < -0.3 is 25.4 Å². The van der Waals surface area contributed by atoms with E-state index in [9.17, 15) is 19.5 Å². The Kier molecular flexibility index (Phi) is 8.28. The van der Waals surface area contributed by atoms with Gasteiger partial charge in [-0.05, 0) is 48.7 Å². The molecule has 0 heterocycles. The molecule has 0 aliphatic heterocycles. The van der Waals surface area contributed by atoms with Gasteiger partial charge in [-0.2, -0.15) is 0 Å². The molecule has 1 unspecified atom stereocenters. The number of nitrogens with zero attached hydrogens (tertiary/aromatic N) is 1. The summed E-state index contributed by atoms with van der Waals surface area (Å²) in [5.74, 6) is -1.67. The van der Waals surface area contributed by atoms with Gasteiger partial charge in [0.2, 0.25) is 5.91 Å². The molecule has 0 bridgehead atoms. The first-order valence-corrected chi connectivity index (χ1v) is 11.5. The predicted molar refractivity (Wildman–Crippen MR) is 130 cm³/mol. The fraction of sp³-hybridized carbons (Fsp3) is 0.423. The number of carbonyl (C=O) groups is 3. The molecule has 34 heavy (non-hydrogen) atoms. The van der Waals surface area contributed by atoms with Gasteiger partial charge in [0.05, 0.1) is 0 Å². The Labute approximate surface area is 200 Å². The number of aliphatic carboxylic acids is 1. The van der Waals surface area contributed by atoms with Crippen LogP contribution in [0.25, 0.3) is 11.1 Å². The summed E-state index contributed by atoms with van der Waals surface area (Å²) in [5, 5.41) is 14.6. The molecule has 8 nitrogen and oxygen atoms in total. The third kappa shape index (κ3) is 6.14. The van der Waals surface area contributed by atoms with E-state index in [0.29, 0.717) is 6.42 Å². The summed E-state index contributed by atoms with van der Waals surface area (Å²) in [6.07, 6.45) is -0.355. The third-order valence-electron chi connectivity index (χ3n) is 5.82. The molecule has 1 aliphatic carbocycles. The molecule has 2 atom stereocenters. The smallest absolute Gasteiger partial charge is 0.407 e. The Hall–Kier alpha value is -3.39. The van der Waals surface area contributed by atoms with Crippen LogP contribution in [0.2, 0.25) is 0 Å². The molecule has 0 saturated heterocycles. The fourth-order valence-electron chi connectivity index (χ4n) is 4.31. The number of carbonyl (C=O) groups excluding carboxylic acids is 2. The molecule has 2 aromatic rings. The highest BCUT2D eigenvalue weighted by Gasteiger charge is 2.31. The van der Waals surface area contributed by atoms with Crippen molar-refractivity contribution < 1.29 is 24.2 Å². The first kappa shape index (κ1) is 25.2. The first-order chi connectivity index (χ1) is 16.2. The van der Waals surface area contributed by atoms with Gasteiger partial charge in [0, 0.05) is 12.5 Å². The minimum absolute atomic E-state index is 0.0907. The summed E-state index contributed by atoms with van der Waals surface area (Å²) < 4.78 is 5.56. The summed E-state index contributed by atoms with van der Waals surface area (Å²) in [6, 6.07) is 14.1. The maximum absolute atomic E-state index is 12.8. The Morgan fingerprint density at radius 1 is 0.941 bits per heavy atom.